The summed E-state index contributed by atoms with van der Waals surface area (Å²) in [7, 11) is 22.2. The van der Waals surface area contributed by atoms with Gasteiger partial charge in [0.2, 0.25) is 0 Å². The predicted octanol–water partition coefficient (Wildman–Crippen LogP) is 10.3. The zero-order valence-electron chi connectivity index (χ0n) is 27.5. The number of carbonyl (C=O) groups is 1. The highest BCUT2D eigenvalue weighted by Gasteiger charge is 2.57. The van der Waals surface area contributed by atoms with Crippen molar-refractivity contribution in [3.8, 4) is 11.5 Å². The van der Waals surface area contributed by atoms with Crippen LogP contribution in [0, 0.1) is 5.92 Å². The van der Waals surface area contributed by atoms with Crippen LogP contribution in [0.5, 0.6) is 11.5 Å². The van der Waals surface area contributed by atoms with Crippen molar-refractivity contribution in [1.29, 1.82) is 0 Å². The second-order valence-electron chi connectivity index (χ2n) is 11.4. The first-order valence-corrected chi connectivity index (χ1v) is 36.2. The van der Waals surface area contributed by atoms with E-state index in [4.69, 9.17) is 28.9 Å². The minimum absolute atomic E-state index is 0.138. The molecule has 2 fully saturated rings. The van der Waals surface area contributed by atoms with Gasteiger partial charge in [0.05, 0.1) is 34.0 Å². The Morgan fingerprint density at radius 2 is 1.80 bits per heavy atom. The van der Waals surface area contributed by atoms with Gasteiger partial charge >= 0.3 is 0 Å². The van der Waals surface area contributed by atoms with E-state index in [-0.39, 0.29) is 45.4 Å². The third-order valence-electron chi connectivity index (χ3n) is 8.17. The number of fused-ring (bicyclic) bond motifs is 1. The number of rotatable bonds is 11. The summed E-state index contributed by atoms with van der Waals surface area (Å²) in [6.07, 6.45) is 0.842. The average molecular weight is 921 g/mol. The third kappa shape index (κ3) is 10.7. The zero-order chi connectivity index (χ0) is 35.9. The van der Waals surface area contributed by atoms with E-state index in [0.29, 0.717) is 37.1 Å². The zero-order valence-corrected chi connectivity index (χ0v) is 40.7. The highest BCUT2D eigenvalue weighted by atomic mass is 33.2. The molecule has 3 aliphatic rings. The molecule has 50 heavy (non-hydrogen) atoms. The molecule has 2 saturated heterocycles. The molecule has 1 aromatic heterocycles. The largest absolute Gasteiger partial charge is 0.497 e. The van der Waals surface area contributed by atoms with Crippen LogP contribution < -0.4 is 20.1 Å². The van der Waals surface area contributed by atoms with E-state index in [1.807, 2.05) is 41.8 Å². The van der Waals surface area contributed by atoms with E-state index in [2.05, 4.69) is 64.2 Å². The first kappa shape index (κ1) is 42.7. The van der Waals surface area contributed by atoms with E-state index < -0.39 is 5.54 Å². The molecule has 9 nitrogen and oxygen atoms in total. The monoisotopic (exact) mass is 920 g/mol. The lowest BCUT2D eigenvalue weighted by atomic mass is 9.75. The fourth-order valence-corrected chi connectivity index (χ4v) is 103. The molecule has 0 radical (unpaired) electrons. The van der Waals surface area contributed by atoms with Crippen LogP contribution in [0.4, 0.5) is 5.82 Å². The van der Waals surface area contributed by atoms with Crippen molar-refractivity contribution in [2.45, 2.75) is 24.1 Å². The molecular weight excluding hydrogens is 877 g/mol. The topological polar surface area (TPSA) is 103 Å². The molecular formula is C28H43N4O5P11S2. The van der Waals surface area contributed by atoms with Gasteiger partial charge in [-0.3, -0.25) is 4.79 Å². The maximum Gasteiger partial charge on any atom is 0.257 e. The maximum absolute atomic E-state index is 12.9. The van der Waals surface area contributed by atoms with E-state index in [1.54, 1.807) is 49.5 Å². The lowest BCUT2D eigenvalue weighted by Gasteiger charge is -2.53. The third-order valence-corrected chi connectivity index (χ3v) is 69.3. The summed E-state index contributed by atoms with van der Waals surface area (Å²) in [4.78, 5) is 23.0. The quantitative estimate of drug-likeness (QED) is 0.183. The van der Waals surface area contributed by atoms with Crippen molar-refractivity contribution >= 4 is 129 Å². The number of hydrogen-bond donors (Lipinski definition) is 2. The maximum atomic E-state index is 12.9. The summed E-state index contributed by atoms with van der Waals surface area (Å²) >= 11 is 3.14. The molecule has 272 valence electrons. The number of thiazole rings is 1. The van der Waals surface area contributed by atoms with Gasteiger partial charge in [-0.25, -0.2) is 9.98 Å². The van der Waals surface area contributed by atoms with E-state index in [0.717, 1.165) is 48.0 Å². The number of nitrogens with one attached hydrogen (secondary N) is 2. The molecule has 6 rings (SSSR count). The van der Waals surface area contributed by atoms with Gasteiger partial charge in [0.15, 0.2) is 5.17 Å². The fourth-order valence-electron chi connectivity index (χ4n) is 5.54. The number of methoxy groups -OCH3 is 2. The molecule has 0 saturated carbocycles. The Kier molecular flexibility index (Phi) is 17.2. The minimum Gasteiger partial charge on any atom is -0.497 e. The van der Waals surface area contributed by atoms with Crippen LogP contribution in [0.1, 0.15) is 27.3 Å². The molecule has 1 amide bonds. The van der Waals surface area contributed by atoms with Gasteiger partial charge in [-0.2, -0.15) is 0 Å². The lowest BCUT2D eigenvalue weighted by Crippen LogP contribution is -2.62. The summed E-state index contributed by atoms with van der Waals surface area (Å²) in [6.45, 7) is 2.92. The summed E-state index contributed by atoms with van der Waals surface area (Å²) in [5, 5.41) is 9.92. The van der Waals surface area contributed by atoms with Gasteiger partial charge < -0.3 is 29.6 Å². The highest BCUT2D eigenvalue weighted by Crippen LogP contribution is 3.12. The van der Waals surface area contributed by atoms with Crippen LogP contribution in [0.15, 0.2) is 58.9 Å². The number of anilines is 1. The summed E-state index contributed by atoms with van der Waals surface area (Å²) in [6, 6.07) is 14.9. The molecule has 3 aliphatic heterocycles. The van der Waals surface area contributed by atoms with E-state index in [9.17, 15) is 4.79 Å². The standard InChI is InChI=1S/C28H30N4O5S2.H13P11/c1-34-21-9-8-19(22(10-21)35-2)12-29-23-14-38-25(30-23)28-17-37-27(15-36-16-27)11-20(28)13-39-26(32-28)31-24(33)18-6-4-3-5-7-18;1-7-10(6)11(8(2)3)9(4)5/h3-10,14,20,29H,11-13,15-17H2,1-2H3,(H,31,32,33);7H,1-6H2/t20-,28-;/m0./s1. The molecule has 8 unspecified atom stereocenters. The van der Waals surface area contributed by atoms with Gasteiger partial charge in [0.1, 0.15) is 33.5 Å². The normalized spacial score (nSPS) is 21.7. The van der Waals surface area contributed by atoms with Crippen molar-refractivity contribution in [3.63, 3.8) is 0 Å². The van der Waals surface area contributed by atoms with Gasteiger partial charge in [-0.05, 0) is 58.6 Å². The highest BCUT2D eigenvalue weighted by molar-refractivity contribution is 9.18. The Morgan fingerprint density at radius 3 is 2.40 bits per heavy atom. The molecule has 3 aromatic rings. The number of nitrogens with zero attached hydrogens (tertiary/aromatic N) is 2. The number of amidine groups is 1. The summed E-state index contributed by atoms with van der Waals surface area (Å²) < 4.78 is 22.8. The Morgan fingerprint density at radius 1 is 1.06 bits per heavy atom. The van der Waals surface area contributed by atoms with Gasteiger partial charge in [-0.15, -0.1) is 64.9 Å². The van der Waals surface area contributed by atoms with Crippen LogP contribution in [0.2, 0.25) is 0 Å². The van der Waals surface area contributed by atoms with Gasteiger partial charge in [-0.1, -0.05) is 37.9 Å². The van der Waals surface area contributed by atoms with Crippen LogP contribution in [-0.4, -0.2) is 61.5 Å². The SMILES string of the molecule is COc1ccc(CNc2csc([C@]34COC5(COC5)C[C@H]3CSC(NC(=O)c3ccccc3)=N4)n2)c(OC)c1.PPP(P)P(P(P)P)P(P)P. The number of aliphatic imine (C=N–C) groups is 1. The van der Waals surface area contributed by atoms with Crippen LogP contribution in [-0.2, 0) is 21.6 Å². The van der Waals surface area contributed by atoms with Gasteiger partial charge in [0, 0.05) is 40.8 Å². The lowest BCUT2D eigenvalue weighted by molar-refractivity contribution is -0.249. The Bertz CT molecular complexity index is 1620. The summed E-state index contributed by atoms with van der Waals surface area (Å²) in [5.41, 5.74) is 0.679. The molecule has 1 spiro atoms. The number of benzene rings is 2. The van der Waals surface area contributed by atoms with Crippen molar-refractivity contribution < 1.29 is 23.7 Å². The molecule has 4 heterocycles. The number of thioether (sulfide) groups is 1. The first-order chi connectivity index (χ1) is 24.0. The number of aromatic nitrogens is 1. The number of hydrogen-bond acceptors (Lipinski definition) is 10. The van der Waals surface area contributed by atoms with Crippen LogP contribution >= 0.6 is 113 Å². The van der Waals surface area contributed by atoms with Crippen LogP contribution in [0.25, 0.3) is 0 Å². The smallest absolute Gasteiger partial charge is 0.257 e. The minimum atomic E-state index is -0.673. The Hall–Kier alpha value is 1.61. The number of carbonyl (C=O) groups excluding carboxylic acids is 1. The molecule has 22 heteroatoms. The second kappa shape index (κ2) is 20.2. The summed E-state index contributed by atoms with van der Waals surface area (Å²) in [5.74, 6) is 3.09. The first-order valence-electron chi connectivity index (χ1n) is 15.1. The number of ether oxygens (including phenoxy) is 4. The molecule has 2 N–H and O–H groups in total. The van der Waals surface area contributed by atoms with Crippen LogP contribution in [0.3, 0.4) is 0 Å². The molecule has 0 aliphatic carbocycles. The predicted molar refractivity (Wildman–Crippen MR) is 246 cm³/mol. The number of amides is 1. The Labute approximate surface area is 323 Å². The molecule has 0 bridgehead atoms. The molecule has 2 aromatic carbocycles. The fraction of sp³-hybridized carbons (Fsp3) is 0.393. The van der Waals surface area contributed by atoms with E-state index in [1.165, 1.54) is 0 Å². The van der Waals surface area contributed by atoms with Crippen molar-refractivity contribution in [2.75, 3.05) is 45.1 Å². The van der Waals surface area contributed by atoms with Gasteiger partial charge in [0.25, 0.3) is 5.91 Å². The molecule has 10 atom stereocenters. The van der Waals surface area contributed by atoms with Crippen molar-refractivity contribution in [2.24, 2.45) is 10.9 Å². The Balaban J connectivity index is 0.000000383. The second-order valence-corrected chi connectivity index (χ2v) is 52.3. The van der Waals surface area contributed by atoms with E-state index >= 15 is 0 Å². The van der Waals surface area contributed by atoms with Crippen molar-refractivity contribution in [3.05, 3.63) is 70.0 Å². The average Bonchev–Trinajstić information content (AvgIpc) is 3.59. The van der Waals surface area contributed by atoms with Crippen molar-refractivity contribution in [1.82, 2.24) is 10.3 Å².